The fraction of sp³-hybridized carbons (Fsp3) is 0.400. The molecule has 0 aliphatic carbocycles. The van der Waals surface area contributed by atoms with Gasteiger partial charge in [0.2, 0.25) is 5.90 Å². The first-order valence-electron chi connectivity index (χ1n) is 15.7. The van der Waals surface area contributed by atoms with Crippen LogP contribution in [0.2, 0.25) is 0 Å². The van der Waals surface area contributed by atoms with E-state index < -0.39 is 29.1 Å². The highest BCUT2D eigenvalue weighted by atomic mass is 16.6. The van der Waals surface area contributed by atoms with Crippen molar-refractivity contribution in [2.75, 3.05) is 26.9 Å². The maximum absolute atomic E-state index is 14.3. The molecule has 0 spiro atoms. The van der Waals surface area contributed by atoms with Crippen LogP contribution in [0.25, 0.3) is 10.4 Å². The summed E-state index contributed by atoms with van der Waals surface area (Å²) in [4.78, 5) is 35.2. The van der Waals surface area contributed by atoms with Gasteiger partial charge in [-0.1, -0.05) is 47.6 Å². The molecule has 0 aromatic heterocycles. The van der Waals surface area contributed by atoms with Crippen LogP contribution in [0.15, 0.2) is 82.9 Å². The number of carbonyl (C=O) groups excluding carboxylic acids is 2. The van der Waals surface area contributed by atoms with Crippen LogP contribution >= 0.6 is 0 Å². The van der Waals surface area contributed by atoms with Crippen molar-refractivity contribution in [2.45, 2.75) is 63.7 Å². The summed E-state index contributed by atoms with van der Waals surface area (Å²) in [6.07, 6.45) is -0.261. The summed E-state index contributed by atoms with van der Waals surface area (Å²) in [5.74, 6) is 0.423. The van der Waals surface area contributed by atoms with Crippen LogP contribution in [0.3, 0.4) is 0 Å². The number of esters is 1. The SMILES string of the molecule is COc1ccccc1CCNNC(=O)[C@@]1(CCC(=O)OC(C)(C)C)N=C(c2ccc(OCCCO)cc2)O[C@H]1c1ccccc1N=[N+]=[N-]. The molecule has 0 unspecified atom stereocenters. The standard InChI is InChI=1S/C35H42N6O7/c1-34(2,3)48-30(43)18-20-35(33(44)40-37-21-19-24-10-5-8-13-29(24)45-4)31(27-11-6-7-12-28(27)39-41-36)47-32(38-35)25-14-16-26(17-15-25)46-23-9-22-42/h5-8,10-17,31,37,42H,9,18-23H2,1-4H3,(H,40,44)/t31-,35-/m0/s1. The molecule has 3 aromatic rings. The van der Waals surface area contributed by atoms with Gasteiger partial charge in [-0.15, -0.1) is 0 Å². The lowest BCUT2D eigenvalue weighted by molar-refractivity contribution is -0.155. The molecule has 3 N–H and O–H groups in total. The molecular formula is C35H42N6O7. The van der Waals surface area contributed by atoms with Crippen LogP contribution in [-0.4, -0.2) is 60.9 Å². The number of aliphatic hydroxyl groups is 1. The molecule has 4 rings (SSSR count). The van der Waals surface area contributed by atoms with Gasteiger partial charge in [-0.25, -0.2) is 10.4 Å². The number of nitrogens with zero attached hydrogens (tertiary/aromatic N) is 4. The first kappa shape index (κ1) is 35.7. The van der Waals surface area contributed by atoms with Crippen molar-refractivity contribution in [1.29, 1.82) is 0 Å². The van der Waals surface area contributed by atoms with Gasteiger partial charge in [0.25, 0.3) is 5.91 Å². The summed E-state index contributed by atoms with van der Waals surface area (Å²) >= 11 is 0. The Labute approximate surface area is 279 Å². The summed E-state index contributed by atoms with van der Waals surface area (Å²) < 4.78 is 23.2. The van der Waals surface area contributed by atoms with Crippen LogP contribution < -0.4 is 20.3 Å². The predicted molar refractivity (Wildman–Crippen MR) is 180 cm³/mol. The highest BCUT2D eigenvalue weighted by molar-refractivity contribution is 6.01. The number of methoxy groups -OCH3 is 1. The molecule has 0 saturated carbocycles. The van der Waals surface area contributed by atoms with Crippen molar-refractivity contribution in [3.8, 4) is 11.5 Å². The van der Waals surface area contributed by atoms with Gasteiger partial charge in [0, 0.05) is 47.7 Å². The second-order valence-corrected chi connectivity index (χ2v) is 12.1. The number of hydrogen-bond donors (Lipinski definition) is 3. The summed E-state index contributed by atoms with van der Waals surface area (Å²) in [6.45, 7) is 6.04. The van der Waals surface area contributed by atoms with Crippen molar-refractivity contribution in [3.05, 3.63) is 99.9 Å². The zero-order valence-electron chi connectivity index (χ0n) is 27.6. The highest BCUT2D eigenvalue weighted by Gasteiger charge is 2.54. The van der Waals surface area contributed by atoms with E-state index in [1.807, 2.05) is 24.3 Å². The number of carbonyl (C=O) groups is 2. The molecule has 13 heteroatoms. The Morgan fingerprint density at radius 3 is 2.52 bits per heavy atom. The van der Waals surface area contributed by atoms with Gasteiger partial charge in [-0.3, -0.25) is 15.0 Å². The average Bonchev–Trinajstić information content (AvgIpc) is 3.46. The fourth-order valence-corrected chi connectivity index (χ4v) is 5.24. The molecule has 2 atom stereocenters. The molecule has 48 heavy (non-hydrogen) atoms. The minimum absolute atomic E-state index is 0.0180. The van der Waals surface area contributed by atoms with E-state index in [0.29, 0.717) is 42.9 Å². The summed E-state index contributed by atoms with van der Waals surface area (Å²) in [7, 11) is 1.60. The molecule has 1 aliphatic rings. The topological polar surface area (TPSA) is 176 Å². The van der Waals surface area contributed by atoms with Gasteiger partial charge >= 0.3 is 5.97 Å². The zero-order chi connectivity index (χ0) is 34.6. The predicted octanol–water partition coefficient (Wildman–Crippen LogP) is 5.64. The van der Waals surface area contributed by atoms with Gasteiger partial charge < -0.3 is 24.1 Å². The molecule has 3 aromatic carbocycles. The van der Waals surface area contributed by atoms with Gasteiger partial charge in [0.1, 0.15) is 17.1 Å². The van der Waals surface area contributed by atoms with Crippen LogP contribution in [0, 0.1) is 0 Å². The van der Waals surface area contributed by atoms with Crippen LogP contribution in [0.5, 0.6) is 11.5 Å². The molecule has 0 radical (unpaired) electrons. The number of aliphatic imine (C=N–C) groups is 1. The minimum Gasteiger partial charge on any atom is -0.496 e. The van der Waals surface area contributed by atoms with Crippen molar-refractivity contribution in [2.24, 2.45) is 10.1 Å². The van der Waals surface area contributed by atoms with Crippen molar-refractivity contribution in [3.63, 3.8) is 0 Å². The lowest BCUT2D eigenvalue weighted by Gasteiger charge is -2.31. The third-order valence-electron chi connectivity index (χ3n) is 7.45. The average molecular weight is 659 g/mol. The first-order chi connectivity index (χ1) is 23.1. The molecule has 1 aliphatic heterocycles. The smallest absolute Gasteiger partial charge is 0.306 e. The second kappa shape index (κ2) is 16.6. The lowest BCUT2D eigenvalue weighted by atomic mass is 9.83. The quantitative estimate of drug-likeness (QED) is 0.0442. The van der Waals surface area contributed by atoms with E-state index in [1.54, 1.807) is 76.4 Å². The lowest BCUT2D eigenvalue weighted by Crippen LogP contribution is -2.53. The third-order valence-corrected chi connectivity index (χ3v) is 7.45. The van der Waals surface area contributed by atoms with Crippen molar-refractivity contribution in [1.82, 2.24) is 10.9 Å². The largest absolute Gasteiger partial charge is 0.496 e. The summed E-state index contributed by atoms with van der Waals surface area (Å²) in [5, 5.41) is 12.9. The van der Waals surface area contributed by atoms with E-state index in [0.717, 1.165) is 11.3 Å². The molecule has 254 valence electrons. The Kier molecular flexibility index (Phi) is 12.4. The van der Waals surface area contributed by atoms with Crippen molar-refractivity contribution >= 4 is 23.5 Å². The second-order valence-electron chi connectivity index (χ2n) is 12.1. The Morgan fingerprint density at radius 2 is 1.81 bits per heavy atom. The maximum atomic E-state index is 14.3. The number of benzene rings is 3. The van der Waals surface area contributed by atoms with Crippen LogP contribution in [-0.2, 0) is 25.5 Å². The molecule has 0 saturated heterocycles. The normalized spacial score (nSPS) is 17.0. The Hall–Kier alpha value is -5.10. The number of rotatable bonds is 16. The number of nitrogens with one attached hydrogen (secondary N) is 2. The van der Waals surface area contributed by atoms with Crippen LogP contribution in [0.4, 0.5) is 5.69 Å². The third kappa shape index (κ3) is 9.25. The maximum Gasteiger partial charge on any atom is 0.306 e. The first-order valence-corrected chi connectivity index (χ1v) is 15.7. The Morgan fingerprint density at radius 1 is 1.08 bits per heavy atom. The van der Waals surface area contributed by atoms with Crippen LogP contribution in [0.1, 0.15) is 62.8 Å². The molecule has 0 bridgehead atoms. The van der Waals surface area contributed by atoms with E-state index in [9.17, 15) is 15.1 Å². The number of hydrazine groups is 1. The molecule has 0 fully saturated rings. The summed E-state index contributed by atoms with van der Waals surface area (Å²) in [6, 6.07) is 21.4. The zero-order valence-corrected chi connectivity index (χ0v) is 27.6. The summed E-state index contributed by atoms with van der Waals surface area (Å²) in [5.41, 5.74) is 14.9. The Balaban J connectivity index is 1.70. The molecule has 13 nitrogen and oxygen atoms in total. The Bertz CT molecular complexity index is 1630. The van der Waals surface area contributed by atoms with E-state index in [4.69, 9.17) is 29.0 Å². The number of aliphatic hydroxyl groups excluding tert-OH is 1. The number of azide groups is 1. The van der Waals surface area contributed by atoms with E-state index in [1.165, 1.54) is 0 Å². The number of amides is 1. The molecular weight excluding hydrogens is 616 g/mol. The molecule has 1 amide bonds. The van der Waals surface area contributed by atoms with Gasteiger partial charge in [0.15, 0.2) is 11.6 Å². The monoisotopic (exact) mass is 658 g/mol. The number of hydrogen-bond acceptors (Lipinski definition) is 10. The molecule has 1 heterocycles. The number of ether oxygens (including phenoxy) is 4. The van der Waals surface area contributed by atoms with Gasteiger partial charge in [0.05, 0.1) is 13.7 Å². The van der Waals surface area contributed by atoms with E-state index in [2.05, 4.69) is 20.9 Å². The van der Waals surface area contributed by atoms with Crippen molar-refractivity contribution < 1.29 is 33.6 Å². The fourth-order valence-electron chi connectivity index (χ4n) is 5.24. The number of para-hydroxylation sites is 1. The van der Waals surface area contributed by atoms with Gasteiger partial charge in [-0.2, -0.15) is 0 Å². The van der Waals surface area contributed by atoms with E-state index in [-0.39, 0.29) is 31.0 Å². The highest BCUT2D eigenvalue weighted by Crippen LogP contribution is 2.46. The van der Waals surface area contributed by atoms with E-state index >= 15 is 0 Å². The minimum atomic E-state index is -1.68. The van der Waals surface area contributed by atoms with Gasteiger partial charge in [-0.05, 0) is 75.0 Å².